The maximum atomic E-state index is 11.3. The smallest absolute Gasteiger partial charge is 0.222 e. The maximum absolute atomic E-state index is 11.3. The second kappa shape index (κ2) is 4.61. The number of aliphatic hydroxyl groups excluding tert-OH is 1. The van der Waals surface area contributed by atoms with Crippen molar-refractivity contribution in [1.82, 2.24) is 5.32 Å². The molecule has 2 atom stereocenters. The third-order valence-corrected chi connectivity index (χ3v) is 2.67. The van der Waals surface area contributed by atoms with E-state index in [4.69, 9.17) is 5.11 Å². The molecule has 0 bridgehead atoms. The van der Waals surface area contributed by atoms with Crippen molar-refractivity contribution in [2.24, 2.45) is 11.8 Å². The van der Waals surface area contributed by atoms with Crippen LogP contribution in [0, 0.1) is 11.8 Å². The highest BCUT2D eigenvalue weighted by atomic mass is 16.3. The highest BCUT2D eigenvalue weighted by Gasteiger charge is 2.25. The first kappa shape index (κ1) is 10.5. The second-order valence-electron chi connectivity index (χ2n) is 4.22. The standard InChI is InChI=1S/C10H19NO2/c1-7(2)10(13)11-9-4-3-8(5-9)6-12/h7-9,12H,3-6H2,1-2H3,(H,11,13). The molecule has 1 amide bonds. The zero-order valence-corrected chi connectivity index (χ0v) is 8.42. The average Bonchev–Trinajstić information content (AvgIpc) is 2.52. The van der Waals surface area contributed by atoms with Crippen LogP contribution in [-0.4, -0.2) is 23.7 Å². The van der Waals surface area contributed by atoms with Gasteiger partial charge in [-0.05, 0) is 25.2 Å². The molecular weight excluding hydrogens is 166 g/mol. The Bertz CT molecular complexity index is 180. The summed E-state index contributed by atoms with van der Waals surface area (Å²) in [6.45, 7) is 4.05. The molecule has 2 unspecified atom stereocenters. The van der Waals surface area contributed by atoms with Gasteiger partial charge in [0, 0.05) is 18.6 Å². The number of nitrogens with one attached hydrogen (secondary N) is 1. The molecule has 1 aliphatic carbocycles. The van der Waals surface area contributed by atoms with E-state index < -0.39 is 0 Å². The summed E-state index contributed by atoms with van der Waals surface area (Å²) >= 11 is 0. The fourth-order valence-corrected chi connectivity index (χ4v) is 1.74. The largest absolute Gasteiger partial charge is 0.396 e. The van der Waals surface area contributed by atoms with Gasteiger partial charge in [-0.25, -0.2) is 0 Å². The van der Waals surface area contributed by atoms with Crippen molar-refractivity contribution >= 4 is 5.91 Å². The lowest BCUT2D eigenvalue weighted by Crippen LogP contribution is -2.35. The first-order chi connectivity index (χ1) is 6.13. The molecule has 1 aliphatic rings. The third kappa shape index (κ3) is 2.99. The van der Waals surface area contributed by atoms with Gasteiger partial charge in [0.2, 0.25) is 5.91 Å². The Balaban J connectivity index is 2.28. The van der Waals surface area contributed by atoms with Gasteiger partial charge in [-0.1, -0.05) is 13.8 Å². The van der Waals surface area contributed by atoms with Gasteiger partial charge in [-0.2, -0.15) is 0 Å². The number of aliphatic hydroxyl groups is 1. The quantitative estimate of drug-likeness (QED) is 0.687. The molecule has 3 nitrogen and oxygen atoms in total. The van der Waals surface area contributed by atoms with Crippen LogP contribution in [0.5, 0.6) is 0 Å². The number of hydrogen-bond donors (Lipinski definition) is 2. The summed E-state index contributed by atoms with van der Waals surface area (Å²) in [6, 6.07) is 0.298. The molecule has 2 N–H and O–H groups in total. The Kier molecular flexibility index (Phi) is 3.72. The average molecular weight is 185 g/mol. The Morgan fingerprint density at radius 3 is 2.69 bits per heavy atom. The van der Waals surface area contributed by atoms with Gasteiger partial charge >= 0.3 is 0 Å². The minimum atomic E-state index is 0.0631. The molecule has 0 radical (unpaired) electrons. The van der Waals surface area contributed by atoms with Gasteiger partial charge in [0.15, 0.2) is 0 Å². The van der Waals surface area contributed by atoms with Crippen molar-refractivity contribution in [2.75, 3.05) is 6.61 Å². The molecule has 0 spiro atoms. The number of carbonyl (C=O) groups excluding carboxylic acids is 1. The molecule has 0 aromatic carbocycles. The van der Waals surface area contributed by atoms with E-state index in [1.807, 2.05) is 13.8 Å². The van der Waals surface area contributed by atoms with Crippen LogP contribution in [-0.2, 0) is 4.79 Å². The van der Waals surface area contributed by atoms with Gasteiger partial charge in [0.1, 0.15) is 0 Å². The SMILES string of the molecule is CC(C)C(=O)NC1CCC(CO)C1. The fraction of sp³-hybridized carbons (Fsp3) is 0.900. The predicted molar refractivity (Wildman–Crippen MR) is 51.2 cm³/mol. The monoisotopic (exact) mass is 185 g/mol. The summed E-state index contributed by atoms with van der Waals surface area (Å²) in [6.07, 6.45) is 3.00. The van der Waals surface area contributed by atoms with Crippen LogP contribution >= 0.6 is 0 Å². The normalized spacial score (nSPS) is 28.0. The fourth-order valence-electron chi connectivity index (χ4n) is 1.74. The summed E-state index contributed by atoms with van der Waals surface area (Å²) in [4.78, 5) is 11.3. The molecule has 0 aromatic rings. The lowest BCUT2D eigenvalue weighted by atomic mass is 10.1. The Morgan fingerprint density at radius 2 is 2.23 bits per heavy atom. The van der Waals surface area contributed by atoms with Crippen LogP contribution in [0.2, 0.25) is 0 Å². The Hall–Kier alpha value is -0.570. The second-order valence-corrected chi connectivity index (χ2v) is 4.22. The van der Waals surface area contributed by atoms with Crippen molar-refractivity contribution in [3.63, 3.8) is 0 Å². The van der Waals surface area contributed by atoms with Crippen molar-refractivity contribution in [3.05, 3.63) is 0 Å². The Morgan fingerprint density at radius 1 is 1.54 bits per heavy atom. The van der Waals surface area contributed by atoms with E-state index in [1.54, 1.807) is 0 Å². The summed E-state index contributed by atoms with van der Waals surface area (Å²) < 4.78 is 0. The Labute approximate surface area is 79.5 Å². The summed E-state index contributed by atoms with van der Waals surface area (Å²) in [5, 5.41) is 11.9. The molecule has 13 heavy (non-hydrogen) atoms. The van der Waals surface area contributed by atoms with Crippen LogP contribution in [0.4, 0.5) is 0 Å². The van der Waals surface area contributed by atoms with E-state index in [1.165, 1.54) is 0 Å². The van der Waals surface area contributed by atoms with Gasteiger partial charge in [0.25, 0.3) is 0 Å². The first-order valence-corrected chi connectivity index (χ1v) is 5.04. The zero-order chi connectivity index (χ0) is 9.84. The number of amides is 1. The molecule has 1 rings (SSSR count). The van der Waals surface area contributed by atoms with E-state index in [0.29, 0.717) is 12.0 Å². The molecule has 0 aliphatic heterocycles. The van der Waals surface area contributed by atoms with Crippen LogP contribution in [0.1, 0.15) is 33.1 Å². The van der Waals surface area contributed by atoms with Crippen LogP contribution < -0.4 is 5.32 Å². The van der Waals surface area contributed by atoms with Gasteiger partial charge in [-0.3, -0.25) is 4.79 Å². The number of hydrogen-bond acceptors (Lipinski definition) is 2. The molecule has 76 valence electrons. The van der Waals surface area contributed by atoms with Crippen LogP contribution in [0.25, 0.3) is 0 Å². The van der Waals surface area contributed by atoms with Gasteiger partial charge in [-0.15, -0.1) is 0 Å². The minimum Gasteiger partial charge on any atom is -0.396 e. The van der Waals surface area contributed by atoms with Crippen molar-refractivity contribution < 1.29 is 9.90 Å². The van der Waals surface area contributed by atoms with E-state index in [-0.39, 0.29) is 18.4 Å². The van der Waals surface area contributed by atoms with E-state index in [9.17, 15) is 4.79 Å². The molecule has 1 fully saturated rings. The van der Waals surface area contributed by atoms with Crippen molar-refractivity contribution in [3.8, 4) is 0 Å². The van der Waals surface area contributed by atoms with E-state index >= 15 is 0 Å². The topological polar surface area (TPSA) is 49.3 Å². The first-order valence-electron chi connectivity index (χ1n) is 5.04. The highest BCUT2D eigenvalue weighted by molar-refractivity contribution is 5.78. The van der Waals surface area contributed by atoms with Crippen molar-refractivity contribution in [2.45, 2.75) is 39.2 Å². The minimum absolute atomic E-state index is 0.0631. The molecule has 0 heterocycles. The molecule has 3 heteroatoms. The summed E-state index contributed by atoms with van der Waals surface area (Å²) in [5.41, 5.74) is 0. The number of rotatable bonds is 3. The predicted octanol–water partition coefficient (Wildman–Crippen LogP) is 0.920. The van der Waals surface area contributed by atoms with Crippen molar-refractivity contribution in [1.29, 1.82) is 0 Å². The molecule has 0 saturated heterocycles. The van der Waals surface area contributed by atoms with Crippen LogP contribution in [0.15, 0.2) is 0 Å². The molecule has 0 aromatic heterocycles. The molecule has 1 saturated carbocycles. The van der Waals surface area contributed by atoms with Gasteiger partial charge < -0.3 is 10.4 Å². The van der Waals surface area contributed by atoms with Gasteiger partial charge in [0.05, 0.1) is 0 Å². The summed E-state index contributed by atoms with van der Waals surface area (Å²) in [7, 11) is 0. The highest BCUT2D eigenvalue weighted by Crippen LogP contribution is 2.24. The maximum Gasteiger partial charge on any atom is 0.222 e. The third-order valence-electron chi connectivity index (χ3n) is 2.67. The lowest BCUT2D eigenvalue weighted by Gasteiger charge is -2.14. The zero-order valence-electron chi connectivity index (χ0n) is 8.42. The lowest BCUT2D eigenvalue weighted by molar-refractivity contribution is -0.124. The van der Waals surface area contributed by atoms with Crippen LogP contribution in [0.3, 0.4) is 0 Å². The molecular formula is C10H19NO2. The van der Waals surface area contributed by atoms with E-state index in [2.05, 4.69) is 5.32 Å². The summed E-state index contributed by atoms with van der Waals surface area (Å²) in [5.74, 6) is 0.592. The number of carbonyl (C=O) groups is 1. The van der Waals surface area contributed by atoms with E-state index in [0.717, 1.165) is 19.3 Å².